The van der Waals surface area contributed by atoms with Gasteiger partial charge in [-0.3, -0.25) is 9.59 Å². The second kappa shape index (κ2) is 10.0. The number of nitrogens with zero attached hydrogens (tertiary/aromatic N) is 1. The molecule has 0 radical (unpaired) electrons. The highest BCUT2D eigenvalue weighted by atomic mass is 35.5. The van der Waals surface area contributed by atoms with Gasteiger partial charge in [-0.2, -0.15) is 4.31 Å². The first kappa shape index (κ1) is 24.3. The molecule has 3 rings (SSSR count). The van der Waals surface area contributed by atoms with E-state index in [0.29, 0.717) is 19.4 Å². The van der Waals surface area contributed by atoms with Gasteiger partial charge in [-0.05, 0) is 31.9 Å². The zero-order chi connectivity index (χ0) is 22.6. The van der Waals surface area contributed by atoms with E-state index in [2.05, 4.69) is 10.6 Å². The van der Waals surface area contributed by atoms with E-state index < -0.39 is 21.5 Å². The number of hydrogen-bond donors (Lipinski definition) is 2. The van der Waals surface area contributed by atoms with E-state index in [0.717, 1.165) is 19.3 Å². The number of sulfonamides is 1. The summed E-state index contributed by atoms with van der Waals surface area (Å²) < 4.78 is 32.7. The Bertz CT molecular complexity index is 942. The number of benzene rings is 1. The number of likely N-dealkylation sites (N-methyl/N-ethyl adjacent to an activating group) is 1. The minimum Gasteiger partial charge on any atom is -0.379 e. The van der Waals surface area contributed by atoms with Gasteiger partial charge in [-0.25, -0.2) is 8.42 Å². The third-order valence-electron chi connectivity index (χ3n) is 5.69. The van der Waals surface area contributed by atoms with Gasteiger partial charge in [0.25, 0.3) is 5.91 Å². The van der Waals surface area contributed by atoms with E-state index in [-0.39, 0.29) is 52.7 Å². The summed E-state index contributed by atoms with van der Waals surface area (Å²) in [7, 11) is -3.94. The number of rotatable bonds is 6. The lowest BCUT2D eigenvalue weighted by Crippen LogP contribution is -2.59. The van der Waals surface area contributed by atoms with Gasteiger partial charge in [0.05, 0.1) is 28.8 Å². The highest BCUT2D eigenvalue weighted by Crippen LogP contribution is 2.33. The fraction of sp³-hybridized carbons (Fsp3) is 0.600. The molecule has 11 heteroatoms. The summed E-state index contributed by atoms with van der Waals surface area (Å²) in [5, 5.41) is 5.59. The van der Waals surface area contributed by atoms with E-state index in [1.807, 2.05) is 6.92 Å². The maximum absolute atomic E-state index is 13.2. The fourth-order valence-corrected chi connectivity index (χ4v) is 6.25. The molecule has 31 heavy (non-hydrogen) atoms. The average Bonchev–Trinajstić information content (AvgIpc) is 2.75. The molecule has 0 atom stereocenters. The Morgan fingerprint density at radius 1 is 1.10 bits per heavy atom. The highest BCUT2D eigenvalue weighted by Gasteiger charge is 2.41. The minimum atomic E-state index is -3.94. The monoisotopic (exact) mass is 491 g/mol. The van der Waals surface area contributed by atoms with Gasteiger partial charge >= 0.3 is 0 Å². The van der Waals surface area contributed by atoms with Crippen LogP contribution in [0.4, 0.5) is 0 Å². The second-order valence-corrected chi connectivity index (χ2v) is 10.5. The Balaban J connectivity index is 1.93. The molecule has 1 saturated carbocycles. The molecule has 2 N–H and O–H groups in total. The van der Waals surface area contributed by atoms with Gasteiger partial charge in [0, 0.05) is 19.6 Å². The molecule has 0 unspecified atom stereocenters. The smallest absolute Gasteiger partial charge is 0.253 e. The number of nitrogens with one attached hydrogen (secondary N) is 2. The zero-order valence-electron chi connectivity index (χ0n) is 17.4. The topological polar surface area (TPSA) is 105 Å². The number of ether oxygens (including phenoxy) is 1. The predicted octanol–water partition coefficient (Wildman–Crippen LogP) is 2.58. The first-order valence-corrected chi connectivity index (χ1v) is 12.6. The number of hydrogen-bond acceptors (Lipinski definition) is 5. The summed E-state index contributed by atoms with van der Waals surface area (Å²) in [5.74, 6) is -0.845. The standard InChI is InChI=1S/C20H27Cl2N3O5S/c1-2-23-19(27)20(6-4-3-5-7-20)24-18(26)14-12-17(16(22)13-15(14)21)31(28,29)25-8-10-30-11-9-25/h12-13H,2-11H2,1H3,(H,23,27)(H,24,26). The second-order valence-electron chi connectivity index (χ2n) is 7.74. The molecule has 1 aromatic carbocycles. The lowest BCUT2D eigenvalue weighted by atomic mass is 9.80. The molecule has 172 valence electrons. The summed E-state index contributed by atoms with van der Waals surface area (Å²) in [5.41, 5.74) is -1.08. The fourth-order valence-electron chi connectivity index (χ4n) is 4.01. The third kappa shape index (κ3) is 5.17. The van der Waals surface area contributed by atoms with Crippen LogP contribution >= 0.6 is 23.2 Å². The van der Waals surface area contributed by atoms with Crippen molar-refractivity contribution in [2.45, 2.75) is 49.5 Å². The molecular weight excluding hydrogens is 465 g/mol. The van der Waals surface area contributed by atoms with Crippen molar-refractivity contribution in [3.05, 3.63) is 27.7 Å². The minimum absolute atomic E-state index is 0.0188. The highest BCUT2D eigenvalue weighted by molar-refractivity contribution is 7.89. The number of carbonyl (C=O) groups excluding carboxylic acids is 2. The lowest BCUT2D eigenvalue weighted by molar-refractivity contribution is -0.128. The Kier molecular flexibility index (Phi) is 7.86. The maximum Gasteiger partial charge on any atom is 0.253 e. The Morgan fingerprint density at radius 2 is 1.74 bits per heavy atom. The van der Waals surface area contributed by atoms with Gasteiger partial charge in [-0.15, -0.1) is 0 Å². The molecule has 1 aliphatic carbocycles. The normalized spacial score (nSPS) is 19.6. The van der Waals surface area contributed by atoms with Crippen molar-refractivity contribution in [2.75, 3.05) is 32.8 Å². The first-order valence-electron chi connectivity index (χ1n) is 10.4. The molecule has 1 saturated heterocycles. The van der Waals surface area contributed by atoms with E-state index in [1.165, 1.54) is 16.4 Å². The van der Waals surface area contributed by atoms with Crippen LogP contribution in [0.5, 0.6) is 0 Å². The third-order valence-corrected chi connectivity index (χ3v) is 8.36. The van der Waals surface area contributed by atoms with Crippen LogP contribution in [-0.2, 0) is 19.6 Å². The van der Waals surface area contributed by atoms with Crippen LogP contribution in [0.15, 0.2) is 17.0 Å². The van der Waals surface area contributed by atoms with Gasteiger partial charge in [0.15, 0.2) is 0 Å². The largest absolute Gasteiger partial charge is 0.379 e. The molecule has 1 aliphatic heterocycles. The van der Waals surface area contributed by atoms with Gasteiger partial charge in [0.1, 0.15) is 10.4 Å². The van der Waals surface area contributed by atoms with Crippen molar-refractivity contribution in [1.29, 1.82) is 0 Å². The van der Waals surface area contributed by atoms with Gasteiger partial charge < -0.3 is 15.4 Å². The summed E-state index contributed by atoms with van der Waals surface area (Å²) in [4.78, 5) is 25.7. The van der Waals surface area contributed by atoms with Crippen LogP contribution in [0.2, 0.25) is 10.0 Å². The zero-order valence-corrected chi connectivity index (χ0v) is 19.7. The van der Waals surface area contributed by atoms with E-state index >= 15 is 0 Å². The van der Waals surface area contributed by atoms with Crippen molar-refractivity contribution in [1.82, 2.24) is 14.9 Å². The summed E-state index contributed by atoms with van der Waals surface area (Å²) in [6.07, 6.45) is 3.62. The van der Waals surface area contributed by atoms with E-state index in [1.54, 1.807) is 0 Å². The molecule has 1 heterocycles. The molecule has 1 aromatic rings. The molecule has 2 fully saturated rings. The number of amides is 2. The SMILES string of the molecule is CCNC(=O)C1(NC(=O)c2cc(S(=O)(=O)N3CCOCC3)c(Cl)cc2Cl)CCCCC1. The molecule has 2 aliphatic rings. The van der Waals surface area contributed by atoms with Crippen LogP contribution in [0.3, 0.4) is 0 Å². The number of carbonyl (C=O) groups is 2. The molecule has 2 amide bonds. The van der Waals surface area contributed by atoms with E-state index in [9.17, 15) is 18.0 Å². The van der Waals surface area contributed by atoms with Gasteiger partial charge in [-0.1, -0.05) is 42.5 Å². The van der Waals surface area contributed by atoms with Crippen molar-refractivity contribution >= 4 is 45.0 Å². The Morgan fingerprint density at radius 3 is 2.35 bits per heavy atom. The summed E-state index contributed by atoms with van der Waals surface area (Å²) >= 11 is 12.5. The van der Waals surface area contributed by atoms with Crippen LogP contribution in [-0.4, -0.2) is 62.9 Å². The summed E-state index contributed by atoms with van der Waals surface area (Å²) in [6, 6.07) is 2.45. The van der Waals surface area contributed by atoms with Crippen LogP contribution in [0, 0.1) is 0 Å². The predicted molar refractivity (Wildman–Crippen MR) is 118 cm³/mol. The summed E-state index contributed by atoms with van der Waals surface area (Å²) in [6.45, 7) is 3.22. The maximum atomic E-state index is 13.2. The number of morpholine rings is 1. The van der Waals surface area contributed by atoms with Crippen molar-refractivity contribution in [2.24, 2.45) is 0 Å². The first-order chi connectivity index (χ1) is 14.7. The van der Waals surface area contributed by atoms with Gasteiger partial charge in [0.2, 0.25) is 15.9 Å². The quantitative estimate of drug-likeness (QED) is 0.635. The van der Waals surface area contributed by atoms with Crippen molar-refractivity contribution < 1.29 is 22.7 Å². The molecule has 0 spiro atoms. The van der Waals surface area contributed by atoms with Crippen LogP contribution in [0.1, 0.15) is 49.4 Å². The van der Waals surface area contributed by atoms with Crippen LogP contribution < -0.4 is 10.6 Å². The molecule has 0 bridgehead atoms. The van der Waals surface area contributed by atoms with E-state index in [4.69, 9.17) is 27.9 Å². The Labute approximate surface area is 192 Å². The average molecular weight is 492 g/mol. The van der Waals surface area contributed by atoms with Crippen molar-refractivity contribution in [3.8, 4) is 0 Å². The molecular formula is C20H27Cl2N3O5S. The molecule has 0 aromatic heterocycles. The lowest BCUT2D eigenvalue weighted by Gasteiger charge is -2.36. The van der Waals surface area contributed by atoms with Crippen LogP contribution in [0.25, 0.3) is 0 Å². The van der Waals surface area contributed by atoms with Crippen molar-refractivity contribution in [3.63, 3.8) is 0 Å². The number of halogens is 2. The molecule has 8 nitrogen and oxygen atoms in total. The Hall–Kier alpha value is -1.39.